The third-order valence-corrected chi connectivity index (χ3v) is 7.93. The number of benzene rings is 3. The number of aromatic amines is 1. The standard InChI is InChI=1S/C30H22F9N3O4S/c1-15-12-22(16(2)40-15)27(44)42(19-6-8-20(9-7-19)47(3,45)46)25-11-5-18(14-24(25)30(37,38)39)41-26(43)21-10-4-17(28(31,32)33)13-23(21)29(34,35)36/h4-14,40H,1-3H3,(H,41,43). The molecule has 0 bridgehead atoms. The number of aromatic nitrogens is 1. The van der Waals surface area contributed by atoms with Crippen LogP contribution >= 0.6 is 0 Å². The van der Waals surface area contributed by atoms with E-state index in [2.05, 4.69) is 4.98 Å². The number of alkyl halides is 9. The van der Waals surface area contributed by atoms with Gasteiger partial charge >= 0.3 is 18.5 Å². The first-order valence-corrected chi connectivity index (χ1v) is 15.0. The summed E-state index contributed by atoms with van der Waals surface area (Å²) in [5, 5.41) is 1.85. The van der Waals surface area contributed by atoms with Crippen LogP contribution in [0.1, 0.15) is 48.8 Å². The minimum absolute atomic E-state index is 0.0397. The number of carbonyl (C=O) groups is 2. The predicted molar refractivity (Wildman–Crippen MR) is 152 cm³/mol. The maximum atomic E-state index is 14.5. The lowest BCUT2D eigenvalue weighted by atomic mass is 10.0. The van der Waals surface area contributed by atoms with Gasteiger partial charge < -0.3 is 10.3 Å². The monoisotopic (exact) mass is 691 g/mol. The van der Waals surface area contributed by atoms with Crippen molar-refractivity contribution in [3.63, 3.8) is 0 Å². The largest absolute Gasteiger partial charge is 0.418 e. The summed E-state index contributed by atoms with van der Waals surface area (Å²) in [6.45, 7) is 3.08. The van der Waals surface area contributed by atoms with E-state index < -0.39 is 73.8 Å². The number of hydrogen-bond donors (Lipinski definition) is 2. The van der Waals surface area contributed by atoms with E-state index >= 15 is 0 Å². The lowest BCUT2D eigenvalue weighted by Crippen LogP contribution is -2.29. The molecule has 0 saturated heterocycles. The zero-order chi connectivity index (χ0) is 35.3. The zero-order valence-electron chi connectivity index (χ0n) is 24.2. The molecule has 0 aliphatic heterocycles. The Hall–Kier alpha value is -4.80. The summed E-state index contributed by atoms with van der Waals surface area (Å²) >= 11 is 0. The van der Waals surface area contributed by atoms with Gasteiger partial charge in [0.15, 0.2) is 9.84 Å². The Labute approximate surface area is 260 Å². The number of hydrogen-bond acceptors (Lipinski definition) is 4. The number of nitrogens with one attached hydrogen (secondary N) is 2. The van der Waals surface area contributed by atoms with Gasteiger partial charge in [0.05, 0.1) is 38.4 Å². The second-order valence-electron chi connectivity index (χ2n) is 10.3. The summed E-state index contributed by atoms with van der Waals surface area (Å²) in [5.41, 5.74) is -7.44. The van der Waals surface area contributed by atoms with Crippen molar-refractivity contribution in [3.8, 4) is 0 Å². The van der Waals surface area contributed by atoms with Gasteiger partial charge in [0, 0.05) is 29.0 Å². The molecular formula is C30H22F9N3O4S. The normalized spacial score (nSPS) is 12.6. The van der Waals surface area contributed by atoms with E-state index in [0.717, 1.165) is 42.7 Å². The third kappa shape index (κ3) is 7.61. The van der Waals surface area contributed by atoms with E-state index in [1.165, 1.54) is 13.0 Å². The highest BCUT2D eigenvalue weighted by Crippen LogP contribution is 2.42. The fourth-order valence-corrected chi connectivity index (χ4v) is 5.29. The van der Waals surface area contributed by atoms with Crippen molar-refractivity contribution in [1.29, 1.82) is 0 Å². The average molecular weight is 692 g/mol. The topological polar surface area (TPSA) is 99.3 Å². The number of halogens is 9. The predicted octanol–water partition coefficient (Wildman–Crippen LogP) is 8.32. The van der Waals surface area contributed by atoms with E-state index in [9.17, 15) is 57.5 Å². The Morgan fingerprint density at radius 3 is 1.81 bits per heavy atom. The van der Waals surface area contributed by atoms with Crippen LogP contribution in [-0.4, -0.2) is 31.5 Å². The smallest absolute Gasteiger partial charge is 0.362 e. The van der Waals surface area contributed by atoms with Crippen molar-refractivity contribution in [2.75, 3.05) is 16.5 Å². The molecule has 0 fully saturated rings. The minimum atomic E-state index is -5.43. The summed E-state index contributed by atoms with van der Waals surface area (Å²) in [6, 6.07) is 7.85. The molecule has 1 heterocycles. The first kappa shape index (κ1) is 35.1. The molecular weight excluding hydrogens is 669 g/mol. The summed E-state index contributed by atoms with van der Waals surface area (Å²) in [7, 11) is -3.73. The Bertz CT molecular complexity index is 1960. The van der Waals surface area contributed by atoms with Crippen LogP contribution in [0.4, 0.5) is 56.6 Å². The molecule has 0 unspecified atom stereocenters. The number of aryl methyl sites for hydroxylation is 2. The van der Waals surface area contributed by atoms with Crippen LogP contribution < -0.4 is 10.2 Å². The summed E-state index contributed by atoms with van der Waals surface area (Å²) < 4.78 is 147. The molecule has 2 N–H and O–H groups in total. The molecule has 4 rings (SSSR count). The molecule has 0 aliphatic rings. The van der Waals surface area contributed by atoms with Gasteiger partial charge in [-0.2, -0.15) is 39.5 Å². The van der Waals surface area contributed by atoms with Gasteiger partial charge in [0.25, 0.3) is 11.8 Å². The van der Waals surface area contributed by atoms with E-state index in [4.69, 9.17) is 0 Å². The first-order valence-electron chi connectivity index (χ1n) is 13.1. The molecule has 2 amide bonds. The van der Waals surface area contributed by atoms with Crippen LogP contribution in [0.25, 0.3) is 0 Å². The van der Waals surface area contributed by atoms with Crippen molar-refractivity contribution in [2.45, 2.75) is 37.3 Å². The number of anilines is 3. The van der Waals surface area contributed by atoms with Gasteiger partial charge in [0.1, 0.15) is 0 Å². The van der Waals surface area contributed by atoms with Crippen molar-refractivity contribution in [3.05, 3.63) is 106 Å². The van der Waals surface area contributed by atoms with Gasteiger partial charge in [-0.25, -0.2) is 8.42 Å². The van der Waals surface area contributed by atoms with Crippen LogP contribution in [0.5, 0.6) is 0 Å². The van der Waals surface area contributed by atoms with E-state index in [-0.39, 0.29) is 34.3 Å². The highest BCUT2D eigenvalue weighted by molar-refractivity contribution is 7.90. The molecule has 0 radical (unpaired) electrons. The lowest BCUT2D eigenvalue weighted by Gasteiger charge is -2.27. The third-order valence-electron chi connectivity index (χ3n) is 6.80. The van der Waals surface area contributed by atoms with Crippen LogP contribution in [0.15, 0.2) is 71.6 Å². The number of sulfone groups is 1. The minimum Gasteiger partial charge on any atom is -0.362 e. The maximum Gasteiger partial charge on any atom is 0.418 e. The number of nitrogens with zero attached hydrogens (tertiary/aromatic N) is 1. The number of H-pyrrole nitrogens is 1. The molecule has 7 nitrogen and oxygen atoms in total. The number of rotatable bonds is 6. The van der Waals surface area contributed by atoms with E-state index in [1.807, 2.05) is 5.32 Å². The van der Waals surface area contributed by atoms with Crippen LogP contribution in [0.3, 0.4) is 0 Å². The summed E-state index contributed by atoms with van der Waals surface area (Å²) in [5.74, 6) is -2.63. The highest BCUT2D eigenvalue weighted by Gasteiger charge is 2.40. The van der Waals surface area contributed by atoms with Crippen LogP contribution in [0, 0.1) is 13.8 Å². The van der Waals surface area contributed by atoms with Gasteiger partial charge in [-0.1, -0.05) is 0 Å². The molecule has 0 atom stereocenters. The van der Waals surface area contributed by atoms with Gasteiger partial charge in [0.2, 0.25) is 0 Å². The molecule has 0 aliphatic carbocycles. The van der Waals surface area contributed by atoms with Crippen molar-refractivity contribution in [2.24, 2.45) is 0 Å². The maximum absolute atomic E-state index is 14.5. The molecule has 1 aromatic heterocycles. The van der Waals surface area contributed by atoms with Crippen LogP contribution in [-0.2, 0) is 28.4 Å². The lowest BCUT2D eigenvalue weighted by molar-refractivity contribution is -0.143. The van der Waals surface area contributed by atoms with Crippen LogP contribution in [0.2, 0.25) is 0 Å². The molecule has 3 aromatic carbocycles. The molecule has 17 heteroatoms. The molecule has 250 valence electrons. The fourth-order valence-electron chi connectivity index (χ4n) is 4.66. The quantitative estimate of drug-likeness (QED) is 0.199. The summed E-state index contributed by atoms with van der Waals surface area (Å²) in [6.07, 6.45) is -15.0. The second-order valence-corrected chi connectivity index (χ2v) is 12.4. The van der Waals surface area contributed by atoms with Crippen molar-refractivity contribution < 1.29 is 57.5 Å². The zero-order valence-corrected chi connectivity index (χ0v) is 25.1. The number of carbonyl (C=O) groups excluding carboxylic acids is 2. The summed E-state index contributed by atoms with van der Waals surface area (Å²) in [4.78, 5) is 29.9. The molecule has 4 aromatic rings. The first-order chi connectivity index (χ1) is 21.5. The Balaban J connectivity index is 1.84. The fraction of sp³-hybridized carbons (Fsp3) is 0.200. The average Bonchev–Trinajstić information content (AvgIpc) is 3.29. The Morgan fingerprint density at radius 2 is 1.32 bits per heavy atom. The van der Waals surface area contributed by atoms with E-state index in [0.29, 0.717) is 22.4 Å². The molecule has 0 spiro atoms. The van der Waals surface area contributed by atoms with Crippen molar-refractivity contribution >= 4 is 38.7 Å². The number of amides is 2. The molecule has 0 saturated carbocycles. The van der Waals surface area contributed by atoms with Gasteiger partial charge in [-0.15, -0.1) is 0 Å². The highest BCUT2D eigenvalue weighted by atomic mass is 32.2. The van der Waals surface area contributed by atoms with Crippen molar-refractivity contribution in [1.82, 2.24) is 4.98 Å². The SMILES string of the molecule is Cc1cc(C(=O)N(c2ccc(S(C)(=O)=O)cc2)c2ccc(NC(=O)c3ccc(C(F)(F)F)cc3C(F)(F)F)cc2C(F)(F)F)c(C)[nH]1. The van der Waals surface area contributed by atoms with Gasteiger partial charge in [-0.3, -0.25) is 14.5 Å². The Kier molecular flexibility index (Phi) is 9.02. The Morgan fingerprint density at radius 1 is 0.723 bits per heavy atom. The van der Waals surface area contributed by atoms with E-state index in [1.54, 1.807) is 6.92 Å². The second kappa shape index (κ2) is 12.1. The molecule has 47 heavy (non-hydrogen) atoms. The van der Waals surface area contributed by atoms with Gasteiger partial charge in [-0.05, 0) is 80.6 Å².